The third-order valence-electron chi connectivity index (χ3n) is 8.03. The summed E-state index contributed by atoms with van der Waals surface area (Å²) in [7, 11) is 6.85. The van der Waals surface area contributed by atoms with Crippen molar-refractivity contribution in [3.8, 4) is 11.5 Å². The number of ketones is 1. The van der Waals surface area contributed by atoms with E-state index in [0.29, 0.717) is 28.4 Å². The molecular formula is C36H36N4O6. The number of hydrogen-bond donors (Lipinski definition) is 1. The Bertz CT molecular complexity index is 1790. The van der Waals surface area contributed by atoms with Gasteiger partial charge >= 0.3 is 0 Å². The normalized spacial score (nSPS) is 12.8. The molecule has 4 aromatic carbocycles. The zero-order valence-corrected chi connectivity index (χ0v) is 26.4. The second-order valence-electron chi connectivity index (χ2n) is 11.1. The van der Waals surface area contributed by atoms with Crippen molar-refractivity contribution in [1.29, 1.82) is 0 Å². The van der Waals surface area contributed by atoms with Crippen LogP contribution in [0.25, 0.3) is 0 Å². The quantitative estimate of drug-likeness (QED) is 0.235. The van der Waals surface area contributed by atoms with Gasteiger partial charge in [-0.2, -0.15) is 0 Å². The standard InChI is InChI=1S/C36H36N4O6/c1-23-10-6-7-11-25(23)21-40(32(41)22-39-29-13-9-8-12-28(29)34(42)36(39)44)33(24-14-19-30(45-4)31(20-24)46-5)35(43)37-26-15-17-27(18-16-26)38(2)3/h6-20,33H,21-22H2,1-5H3,(H,37,43)/t33-/m0/s1. The second-order valence-corrected chi connectivity index (χ2v) is 11.1. The molecule has 0 saturated heterocycles. The Balaban J connectivity index is 1.59. The Hall–Kier alpha value is -5.64. The van der Waals surface area contributed by atoms with Gasteiger partial charge in [-0.25, -0.2) is 0 Å². The van der Waals surface area contributed by atoms with Crippen molar-refractivity contribution < 1.29 is 28.7 Å². The highest BCUT2D eigenvalue weighted by Gasteiger charge is 2.39. The maximum atomic E-state index is 14.4. The number of nitrogens with zero attached hydrogens (tertiary/aromatic N) is 3. The van der Waals surface area contributed by atoms with Crippen LogP contribution in [0.1, 0.15) is 33.1 Å². The van der Waals surface area contributed by atoms with Crippen LogP contribution in [0.4, 0.5) is 17.1 Å². The van der Waals surface area contributed by atoms with E-state index < -0.39 is 36.1 Å². The molecule has 1 aliphatic heterocycles. The van der Waals surface area contributed by atoms with Gasteiger partial charge in [-0.3, -0.25) is 24.1 Å². The third kappa shape index (κ3) is 6.41. The molecule has 1 aliphatic rings. The zero-order chi connectivity index (χ0) is 33.0. The van der Waals surface area contributed by atoms with Gasteiger partial charge in [0.1, 0.15) is 12.6 Å². The van der Waals surface area contributed by atoms with Crippen molar-refractivity contribution in [3.63, 3.8) is 0 Å². The monoisotopic (exact) mass is 620 g/mol. The van der Waals surface area contributed by atoms with Crippen molar-refractivity contribution in [2.75, 3.05) is 50.0 Å². The molecule has 236 valence electrons. The third-order valence-corrected chi connectivity index (χ3v) is 8.03. The Morgan fingerprint density at radius 3 is 2.20 bits per heavy atom. The molecule has 0 bridgehead atoms. The van der Waals surface area contributed by atoms with Gasteiger partial charge < -0.3 is 24.6 Å². The molecule has 1 N–H and O–H groups in total. The number of para-hydroxylation sites is 1. The Morgan fingerprint density at radius 1 is 0.848 bits per heavy atom. The molecule has 0 radical (unpaired) electrons. The first kappa shape index (κ1) is 31.8. The van der Waals surface area contributed by atoms with E-state index in [4.69, 9.17) is 9.47 Å². The molecule has 4 aromatic rings. The Morgan fingerprint density at radius 2 is 1.52 bits per heavy atom. The molecule has 3 amide bonds. The van der Waals surface area contributed by atoms with E-state index in [0.717, 1.165) is 16.8 Å². The van der Waals surface area contributed by atoms with Crippen LogP contribution in [0, 0.1) is 6.92 Å². The first-order valence-electron chi connectivity index (χ1n) is 14.7. The first-order valence-corrected chi connectivity index (χ1v) is 14.7. The smallest absolute Gasteiger partial charge is 0.299 e. The van der Waals surface area contributed by atoms with Crippen LogP contribution in [0.3, 0.4) is 0 Å². The molecule has 0 saturated carbocycles. The number of benzene rings is 4. The molecule has 0 unspecified atom stereocenters. The average Bonchev–Trinajstić information content (AvgIpc) is 3.30. The summed E-state index contributed by atoms with van der Waals surface area (Å²) in [6, 6.07) is 25.4. The summed E-state index contributed by atoms with van der Waals surface area (Å²) in [6.45, 7) is 1.53. The summed E-state index contributed by atoms with van der Waals surface area (Å²) in [5.41, 5.74) is 4.29. The minimum atomic E-state index is -1.16. The maximum absolute atomic E-state index is 14.4. The van der Waals surface area contributed by atoms with E-state index in [9.17, 15) is 19.2 Å². The lowest BCUT2D eigenvalue weighted by molar-refractivity contribution is -0.139. The fourth-order valence-corrected chi connectivity index (χ4v) is 5.48. The molecule has 5 rings (SSSR count). The predicted octanol–water partition coefficient (Wildman–Crippen LogP) is 5.02. The van der Waals surface area contributed by atoms with Crippen molar-refractivity contribution >= 4 is 40.6 Å². The highest BCUT2D eigenvalue weighted by Crippen LogP contribution is 2.35. The summed E-state index contributed by atoms with van der Waals surface area (Å²) >= 11 is 0. The second kappa shape index (κ2) is 13.6. The Kier molecular flexibility index (Phi) is 9.37. The van der Waals surface area contributed by atoms with Crippen LogP contribution in [-0.4, -0.2) is 63.3 Å². The van der Waals surface area contributed by atoms with Crippen LogP contribution < -0.4 is 24.6 Å². The minimum Gasteiger partial charge on any atom is -0.493 e. The summed E-state index contributed by atoms with van der Waals surface area (Å²) in [6.07, 6.45) is 0. The number of carbonyl (C=O) groups excluding carboxylic acids is 4. The molecule has 1 heterocycles. The van der Waals surface area contributed by atoms with E-state index in [1.807, 2.05) is 62.3 Å². The van der Waals surface area contributed by atoms with Crippen molar-refractivity contribution in [2.24, 2.45) is 0 Å². The fraction of sp³-hybridized carbons (Fsp3) is 0.222. The average molecular weight is 621 g/mol. The SMILES string of the molecule is COc1ccc([C@@H](C(=O)Nc2ccc(N(C)C)cc2)N(Cc2ccccc2C)C(=O)CN2C(=O)C(=O)c3ccccc32)cc1OC. The number of hydrogen-bond acceptors (Lipinski definition) is 7. The minimum absolute atomic E-state index is 0.0507. The van der Waals surface area contributed by atoms with E-state index >= 15 is 0 Å². The van der Waals surface area contributed by atoms with Gasteiger partial charge in [0.25, 0.3) is 17.6 Å². The number of aryl methyl sites for hydroxylation is 1. The topological polar surface area (TPSA) is 108 Å². The van der Waals surface area contributed by atoms with Gasteiger partial charge in [0.05, 0.1) is 25.5 Å². The molecule has 0 aromatic heterocycles. The number of Topliss-reactive ketones (excluding diaryl/α,β-unsaturated/α-hetero) is 1. The number of amides is 3. The summed E-state index contributed by atoms with van der Waals surface area (Å²) < 4.78 is 11.0. The number of ether oxygens (including phenoxy) is 2. The first-order chi connectivity index (χ1) is 22.1. The van der Waals surface area contributed by atoms with Crippen molar-refractivity contribution in [2.45, 2.75) is 19.5 Å². The largest absolute Gasteiger partial charge is 0.493 e. The molecule has 10 nitrogen and oxygen atoms in total. The molecule has 0 fully saturated rings. The molecule has 1 atom stereocenters. The molecule has 46 heavy (non-hydrogen) atoms. The van der Waals surface area contributed by atoms with Crippen LogP contribution in [0.5, 0.6) is 11.5 Å². The molecule has 10 heteroatoms. The summed E-state index contributed by atoms with van der Waals surface area (Å²) in [5.74, 6) is -1.64. The number of anilines is 3. The van der Waals surface area contributed by atoms with Crippen LogP contribution in [0.15, 0.2) is 91.0 Å². The number of fused-ring (bicyclic) bond motifs is 1. The zero-order valence-electron chi connectivity index (χ0n) is 26.4. The molecule has 0 spiro atoms. The van der Waals surface area contributed by atoms with Crippen molar-refractivity contribution in [3.05, 3.63) is 113 Å². The lowest BCUT2D eigenvalue weighted by atomic mass is 10.0. The maximum Gasteiger partial charge on any atom is 0.299 e. The lowest BCUT2D eigenvalue weighted by Crippen LogP contribution is -2.46. The van der Waals surface area contributed by atoms with Gasteiger partial charge in [0, 0.05) is 32.0 Å². The Labute approximate surface area is 268 Å². The number of methoxy groups -OCH3 is 2. The fourth-order valence-electron chi connectivity index (χ4n) is 5.48. The van der Waals surface area contributed by atoms with E-state index in [1.54, 1.807) is 54.6 Å². The number of rotatable bonds is 11. The van der Waals surface area contributed by atoms with Gasteiger partial charge in [-0.1, -0.05) is 42.5 Å². The number of carbonyl (C=O) groups is 4. The summed E-state index contributed by atoms with van der Waals surface area (Å²) in [4.78, 5) is 59.1. The van der Waals surface area contributed by atoms with Gasteiger partial charge in [-0.15, -0.1) is 0 Å². The van der Waals surface area contributed by atoms with Crippen LogP contribution >= 0.6 is 0 Å². The highest BCUT2D eigenvalue weighted by atomic mass is 16.5. The van der Waals surface area contributed by atoms with Crippen LogP contribution in [-0.2, 0) is 20.9 Å². The van der Waals surface area contributed by atoms with E-state index in [1.165, 1.54) is 24.0 Å². The van der Waals surface area contributed by atoms with E-state index in [2.05, 4.69) is 5.32 Å². The molecular weight excluding hydrogens is 584 g/mol. The highest BCUT2D eigenvalue weighted by molar-refractivity contribution is 6.52. The summed E-state index contributed by atoms with van der Waals surface area (Å²) in [5, 5.41) is 2.98. The van der Waals surface area contributed by atoms with Crippen molar-refractivity contribution in [1.82, 2.24) is 4.90 Å². The van der Waals surface area contributed by atoms with E-state index in [-0.39, 0.29) is 12.1 Å². The van der Waals surface area contributed by atoms with Gasteiger partial charge in [0.2, 0.25) is 5.91 Å². The van der Waals surface area contributed by atoms with Gasteiger partial charge in [0.15, 0.2) is 11.5 Å². The van der Waals surface area contributed by atoms with Crippen LogP contribution in [0.2, 0.25) is 0 Å². The predicted molar refractivity (Wildman–Crippen MR) is 177 cm³/mol. The lowest BCUT2D eigenvalue weighted by Gasteiger charge is -2.33. The molecule has 0 aliphatic carbocycles. The number of nitrogens with one attached hydrogen (secondary N) is 1. The van der Waals surface area contributed by atoms with Gasteiger partial charge in [-0.05, 0) is 72.1 Å².